The van der Waals surface area contributed by atoms with Gasteiger partial charge in [0.05, 0.1) is 0 Å². The predicted molar refractivity (Wildman–Crippen MR) is 130 cm³/mol. The molecule has 1 aromatic heterocycles. The summed E-state index contributed by atoms with van der Waals surface area (Å²) >= 11 is 0. The first-order valence-corrected chi connectivity index (χ1v) is 12.9. The van der Waals surface area contributed by atoms with Crippen LogP contribution < -0.4 is 10.7 Å². The van der Waals surface area contributed by atoms with E-state index in [0.717, 1.165) is 0 Å². The molecule has 0 atom stereocenters. The molecule has 3 N–H and O–H groups in total. The van der Waals surface area contributed by atoms with Gasteiger partial charge in [0.15, 0.2) is 12.4 Å². The summed E-state index contributed by atoms with van der Waals surface area (Å²) in [5.74, 6) is 0. The maximum Gasteiger partial charge on any atom is 0.168 e. The highest BCUT2D eigenvalue weighted by atomic mass is 14.9. The van der Waals surface area contributed by atoms with Crippen LogP contribution in [0.15, 0.2) is 30.6 Å². The molecule has 0 amide bonds. The lowest BCUT2D eigenvalue weighted by Crippen LogP contribution is -2.32. The Morgan fingerprint density at radius 1 is 0.414 bits per heavy atom. The van der Waals surface area contributed by atoms with Crippen molar-refractivity contribution in [3.8, 4) is 0 Å². The molecule has 0 aliphatic rings. The average Bonchev–Trinajstić information content (AvgIpc) is 2.73. The van der Waals surface area contributed by atoms with Crippen LogP contribution >= 0.6 is 0 Å². The van der Waals surface area contributed by atoms with Crippen molar-refractivity contribution in [2.24, 2.45) is 0 Å². The number of nitrogens with zero attached hydrogens (tertiary/aromatic N) is 1. The Kier molecular flexibility index (Phi) is 22.7. The molecule has 1 rings (SSSR count). The second-order valence-corrected chi connectivity index (χ2v) is 8.83. The molecule has 0 spiro atoms. The Labute approximate surface area is 183 Å². The highest BCUT2D eigenvalue weighted by Gasteiger charge is 1.98. The van der Waals surface area contributed by atoms with E-state index >= 15 is 0 Å². The molecule has 2 nitrogen and oxygen atoms in total. The van der Waals surface area contributed by atoms with Gasteiger partial charge in [-0.05, 0) is 6.42 Å². The summed E-state index contributed by atoms with van der Waals surface area (Å²) < 4.78 is 2.30. The van der Waals surface area contributed by atoms with Crippen LogP contribution in [-0.4, -0.2) is 0 Å². The zero-order valence-corrected chi connectivity index (χ0v) is 19.9. The fraction of sp³-hybridized carbons (Fsp3) is 0.815. The van der Waals surface area contributed by atoms with Crippen molar-refractivity contribution in [2.45, 2.75) is 142 Å². The van der Waals surface area contributed by atoms with E-state index in [2.05, 4.69) is 42.1 Å². The number of unbranched alkanes of at least 4 members (excludes halogenated alkanes) is 19. The molecule has 0 aliphatic heterocycles. The number of aryl methyl sites for hydroxylation is 1. The molecule has 1 aromatic rings. The molecule has 0 bridgehead atoms. The van der Waals surface area contributed by atoms with Gasteiger partial charge in [0.1, 0.15) is 6.54 Å². The van der Waals surface area contributed by atoms with E-state index in [-0.39, 0.29) is 6.15 Å². The SMILES string of the molecule is CCCCCCCCCCCCCCCCCCCCCC[n+]1ccccc1.N. The zero-order valence-electron chi connectivity index (χ0n) is 19.9. The highest BCUT2D eigenvalue weighted by molar-refractivity contribution is 4.83. The molecule has 170 valence electrons. The number of pyridine rings is 1. The summed E-state index contributed by atoms with van der Waals surface area (Å²) in [6.07, 6.45) is 33.4. The van der Waals surface area contributed by atoms with E-state index in [0.29, 0.717) is 0 Å². The lowest BCUT2D eigenvalue weighted by atomic mass is 10.0. The summed E-state index contributed by atoms with van der Waals surface area (Å²) in [5, 5.41) is 0. The maximum absolute atomic E-state index is 2.30. The summed E-state index contributed by atoms with van der Waals surface area (Å²) in [7, 11) is 0. The average molecular weight is 406 g/mol. The number of hydrogen-bond acceptors (Lipinski definition) is 1. The van der Waals surface area contributed by atoms with Gasteiger partial charge in [-0.3, -0.25) is 0 Å². The molecular formula is C27H53N2+. The van der Waals surface area contributed by atoms with Gasteiger partial charge in [0.25, 0.3) is 0 Å². The lowest BCUT2D eigenvalue weighted by Gasteiger charge is -2.04. The molecule has 0 radical (unpaired) electrons. The first-order chi connectivity index (χ1) is 13.9. The van der Waals surface area contributed by atoms with Crippen molar-refractivity contribution in [1.29, 1.82) is 0 Å². The quantitative estimate of drug-likeness (QED) is 0.161. The Balaban J connectivity index is 0.00000784. The van der Waals surface area contributed by atoms with E-state index < -0.39 is 0 Å². The lowest BCUT2D eigenvalue weighted by molar-refractivity contribution is -0.697. The van der Waals surface area contributed by atoms with Gasteiger partial charge >= 0.3 is 0 Å². The normalized spacial score (nSPS) is 10.8. The Bertz CT molecular complexity index is 404. The summed E-state index contributed by atoms with van der Waals surface area (Å²) in [6.45, 7) is 3.48. The molecule has 0 saturated carbocycles. The van der Waals surface area contributed by atoms with Crippen LogP contribution in [0.5, 0.6) is 0 Å². The minimum absolute atomic E-state index is 0. The molecule has 1 heterocycles. The van der Waals surface area contributed by atoms with Crippen molar-refractivity contribution >= 4 is 0 Å². The largest absolute Gasteiger partial charge is 0.344 e. The third-order valence-electron chi connectivity index (χ3n) is 6.05. The third kappa shape index (κ3) is 20.2. The molecule has 0 aromatic carbocycles. The van der Waals surface area contributed by atoms with Crippen LogP contribution in [0.25, 0.3) is 0 Å². The number of aromatic nitrogens is 1. The van der Waals surface area contributed by atoms with Gasteiger partial charge < -0.3 is 6.15 Å². The van der Waals surface area contributed by atoms with E-state index in [9.17, 15) is 0 Å². The van der Waals surface area contributed by atoms with Gasteiger partial charge in [-0.25, -0.2) is 4.57 Å². The highest BCUT2D eigenvalue weighted by Crippen LogP contribution is 2.14. The van der Waals surface area contributed by atoms with Gasteiger partial charge in [0.2, 0.25) is 0 Å². The Morgan fingerprint density at radius 2 is 0.724 bits per heavy atom. The van der Waals surface area contributed by atoms with E-state index in [1.165, 1.54) is 135 Å². The minimum Gasteiger partial charge on any atom is -0.344 e. The van der Waals surface area contributed by atoms with Crippen LogP contribution in [0.4, 0.5) is 0 Å². The summed E-state index contributed by atoms with van der Waals surface area (Å²) in [5.41, 5.74) is 0. The van der Waals surface area contributed by atoms with Crippen molar-refractivity contribution in [1.82, 2.24) is 6.15 Å². The molecule has 29 heavy (non-hydrogen) atoms. The fourth-order valence-corrected chi connectivity index (χ4v) is 4.13. The smallest absolute Gasteiger partial charge is 0.168 e. The molecule has 0 saturated heterocycles. The van der Waals surface area contributed by atoms with Crippen molar-refractivity contribution in [3.63, 3.8) is 0 Å². The van der Waals surface area contributed by atoms with Crippen LogP contribution in [0.1, 0.15) is 135 Å². The second kappa shape index (κ2) is 23.4. The van der Waals surface area contributed by atoms with Crippen molar-refractivity contribution < 1.29 is 4.57 Å². The van der Waals surface area contributed by atoms with Crippen LogP contribution in [0.3, 0.4) is 0 Å². The first-order valence-electron chi connectivity index (χ1n) is 12.9. The summed E-state index contributed by atoms with van der Waals surface area (Å²) in [6, 6.07) is 6.33. The van der Waals surface area contributed by atoms with Crippen LogP contribution in [-0.2, 0) is 6.54 Å². The first kappa shape index (κ1) is 28.1. The monoisotopic (exact) mass is 405 g/mol. The second-order valence-electron chi connectivity index (χ2n) is 8.83. The maximum atomic E-state index is 2.30. The molecular weight excluding hydrogens is 352 g/mol. The van der Waals surface area contributed by atoms with Crippen molar-refractivity contribution in [3.05, 3.63) is 30.6 Å². The molecule has 0 unspecified atom stereocenters. The number of hydrogen-bond donors (Lipinski definition) is 1. The van der Waals surface area contributed by atoms with Gasteiger partial charge in [-0.15, -0.1) is 0 Å². The van der Waals surface area contributed by atoms with Crippen molar-refractivity contribution in [2.75, 3.05) is 0 Å². The number of rotatable bonds is 21. The van der Waals surface area contributed by atoms with E-state index in [4.69, 9.17) is 0 Å². The summed E-state index contributed by atoms with van der Waals surface area (Å²) in [4.78, 5) is 0. The van der Waals surface area contributed by atoms with E-state index in [1.807, 2.05) is 0 Å². The van der Waals surface area contributed by atoms with Crippen LogP contribution in [0, 0.1) is 0 Å². The third-order valence-corrected chi connectivity index (χ3v) is 6.05. The van der Waals surface area contributed by atoms with Gasteiger partial charge in [-0.1, -0.05) is 129 Å². The molecule has 0 fully saturated rings. The Morgan fingerprint density at radius 3 is 1.07 bits per heavy atom. The standard InChI is InChI=1S/C27H50N.H3N/c1-2-3-4-5-6-7-8-9-10-11-12-13-14-15-16-17-18-19-20-22-25-28-26-23-21-24-27-28;/h21,23-24,26-27H,2-20,22,25H2,1H3;1H3/q+1;. The molecule has 0 aliphatic carbocycles. The minimum atomic E-state index is 0. The predicted octanol–water partition coefficient (Wildman–Crippen LogP) is 8.96. The molecule has 2 heteroatoms. The Hall–Kier alpha value is -0.890. The fourth-order valence-electron chi connectivity index (χ4n) is 4.13. The van der Waals surface area contributed by atoms with Gasteiger partial charge in [0, 0.05) is 18.6 Å². The zero-order chi connectivity index (χ0) is 20.0. The van der Waals surface area contributed by atoms with Gasteiger partial charge in [-0.2, -0.15) is 0 Å². The van der Waals surface area contributed by atoms with E-state index in [1.54, 1.807) is 0 Å². The topological polar surface area (TPSA) is 38.9 Å². The van der Waals surface area contributed by atoms with Crippen LogP contribution in [0.2, 0.25) is 0 Å².